The molecular weight excluding hydrogens is 296 g/mol. The number of amides is 1. The zero-order valence-electron chi connectivity index (χ0n) is 12.7. The van der Waals surface area contributed by atoms with E-state index in [1.54, 1.807) is 24.6 Å². The lowest BCUT2D eigenvalue weighted by atomic mass is 10.0. The van der Waals surface area contributed by atoms with E-state index >= 15 is 0 Å². The molecule has 1 amide bonds. The number of nitrogens with zero attached hydrogens (tertiary/aromatic N) is 4. The van der Waals surface area contributed by atoms with Crippen LogP contribution in [0.5, 0.6) is 0 Å². The number of carbonyl (C=O) groups excluding carboxylic acids is 1. The first-order valence-corrected chi connectivity index (χ1v) is 8.86. The molecule has 2 atom stereocenters. The third-order valence-electron chi connectivity index (χ3n) is 4.96. The quantitative estimate of drug-likeness (QED) is 0.855. The first-order valence-electron chi connectivity index (χ1n) is 7.98. The molecule has 0 bridgehead atoms. The van der Waals surface area contributed by atoms with Crippen LogP contribution >= 0.6 is 11.3 Å². The fourth-order valence-corrected chi connectivity index (χ4v) is 4.77. The molecule has 5 nitrogen and oxygen atoms in total. The summed E-state index contributed by atoms with van der Waals surface area (Å²) in [6, 6.07) is 2.84. The molecule has 2 fully saturated rings. The van der Waals surface area contributed by atoms with Crippen molar-refractivity contribution in [1.29, 1.82) is 0 Å². The second-order valence-corrected chi connectivity index (χ2v) is 7.06. The molecule has 4 rings (SSSR count). The highest BCUT2D eigenvalue weighted by molar-refractivity contribution is 7.16. The molecular formula is C16H20N4OS. The maximum absolute atomic E-state index is 11.9. The van der Waals surface area contributed by atoms with Gasteiger partial charge in [0.05, 0.1) is 17.5 Å². The van der Waals surface area contributed by atoms with Crippen LogP contribution in [0.25, 0.3) is 10.2 Å². The second kappa shape index (κ2) is 5.50. The highest BCUT2D eigenvalue weighted by Crippen LogP contribution is 2.36. The van der Waals surface area contributed by atoms with Crippen LogP contribution in [0.4, 0.5) is 5.82 Å². The molecule has 2 aromatic rings. The Morgan fingerprint density at radius 3 is 2.91 bits per heavy atom. The van der Waals surface area contributed by atoms with Gasteiger partial charge in [-0.1, -0.05) is 0 Å². The van der Waals surface area contributed by atoms with Gasteiger partial charge in [-0.25, -0.2) is 9.97 Å². The molecule has 2 aliphatic rings. The summed E-state index contributed by atoms with van der Waals surface area (Å²) in [5.74, 6) is 1.25. The van der Waals surface area contributed by atoms with Crippen LogP contribution in [-0.2, 0) is 4.79 Å². The SMILES string of the molecule is CC(=O)N1CCC[C@@H]1[C@H]1CCCN1c1ncnc2sccc12. The van der Waals surface area contributed by atoms with Crippen LogP contribution in [0.3, 0.4) is 0 Å². The molecule has 116 valence electrons. The number of hydrogen-bond donors (Lipinski definition) is 0. The predicted octanol–water partition coefficient (Wildman–Crippen LogP) is 2.67. The number of carbonyl (C=O) groups is 1. The van der Waals surface area contributed by atoms with Gasteiger partial charge in [0.2, 0.25) is 5.91 Å². The summed E-state index contributed by atoms with van der Waals surface area (Å²) in [4.78, 5) is 26.4. The molecule has 2 aromatic heterocycles. The maximum Gasteiger partial charge on any atom is 0.219 e. The summed E-state index contributed by atoms with van der Waals surface area (Å²) >= 11 is 1.66. The molecule has 0 saturated carbocycles. The number of likely N-dealkylation sites (tertiary alicyclic amines) is 1. The van der Waals surface area contributed by atoms with E-state index in [9.17, 15) is 4.79 Å². The van der Waals surface area contributed by atoms with E-state index in [2.05, 4.69) is 31.2 Å². The topological polar surface area (TPSA) is 49.3 Å². The number of thiophene rings is 1. The van der Waals surface area contributed by atoms with Gasteiger partial charge in [-0.05, 0) is 37.1 Å². The van der Waals surface area contributed by atoms with Crippen molar-refractivity contribution < 1.29 is 4.79 Å². The molecule has 6 heteroatoms. The summed E-state index contributed by atoms with van der Waals surface area (Å²) in [6.45, 7) is 3.62. The van der Waals surface area contributed by atoms with Gasteiger partial charge in [-0.15, -0.1) is 11.3 Å². The van der Waals surface area contributed by atoms with E-state index in [0.717, 1.165) is 48.4 Å². The van der Waals surface area contributed by atoms with Gasteiger partial charge in [0.1, 0.15) is 17.0 Å². The Morgan fingerprint density at radius 1 is 1.23 bits per heavy atom. The van der Waals surface area contributed by atoms with Crippen LogP contribution < -0.4 is 4.90 Å². The largest absolute Gasteiger partial charge is 0.351 e. The fraction of sp³-hybridized carbons (Fsp3) is 0.562. The molecule has 0 radical (unpaired) electrons. The predicted molar refractivity (Wildman–Crippen MR) is 88.2 cm³/mol. The second-order valence-electron chi connectivity index (χ2n) is 6.16. The zero-order valence-corrected chi connectivity index (χ0v) is 13.6. The van der Waals surface area contributed by atoms with Crippen molar-refractivity contribution in [3.05, 3.63) is 17.8 Å². The van der Waals surface area contributed by atoms with Crippen LogP contribution in [-0.4, -0.2) is 45.9 Å². The lowest BCUT2D eigenvalue weighted by Gasteiger charge is -2.35. The minimum atomic E-state index is 0.206. The van der Waals surface area contributed by atoms with E-state index < -0.39 is 0 Å². The van der Waals surface area contributed by atoms with E-state index in [1.165, 1.54) is 6.42 Å². The van der Waals surface area contributed by atoms with Crippen molar-refractivity contribution in [3.63, 3.8) is 0 Å². The van der Waals surface area contributed by atoms with Gasteiger partial charge in [0.25, 0.3) is 0 Å². The molecule has 0 spiro atoms. The number of fused-ring (bicyclic) bond motifs is 1. The van der Waals surface area contributed by atoms with E-state index in [-0.39, 0.29) is 5.91 Å². The summed E-state index contributed by atoms with van der Waals surface area (Å²) in [5, 5.41) is 3.22. The molecule has 0 N–H and O–H groups in total. The van der Waals surface area contributed by atoms with Crippen LogP contribution in [0.1, 0.15) is 32.6 Å². The molecule has 2 saturated heterocycles. The average Bonchev–Trinajstić information content (AvgIpc) is 3.25. The Bertz CT molecular complexity index is 700. The first-order chi connectivity index (χ1) is 10.8. The first kappa shape index (κ1) is 13.9. The summed E-state index contributed by atoms with van der Waals surface area (Å²) < 4.78 is 0. The number of aromatic nitrogens is 2. The average molecular weight is 316 g/mol. The van der Waals surface area contributed by atoms with Crippen molar-refractivity contribution in [2.24, 2.45) is 0 Å². The fourth-order valence-electron chi connectivity index (χ4n) is 4.04. The number of hydrogen-bond acceptors (Lipinski definition) is 5. The van der Waals surface area contributed by atoms with Gasteiger partial charge >= 0.3 is 0 Å². The maximum atomic E-state index is 11.9. The molecule has 0 unspecified atom stereocenters. The van der Waals surface area contributed by atoms with Gasteiger partial charge in [0.15, 0.2) is 0 Å². The summed E-state index contributed by atoms with van der Waals surface area (Å²) in [6.07, 6.45) is 6.21. The van der Waals surface area contributed by atoms with E-state index in [1.807, 2.05) is 0 Å². The van der Waals surface area contributed by atoms with Crippen molar-refractivity contribution in [1.82, 2.24) is 14.9 Å². The third-order valence-corrected chi connectivity index (χ3v) is 5.78. The third kappa shape index (κ3) is 2.17. The van der Waals surface area contributed by atoms with Gasteiger partial charge < -0.3 is 9.80 Å². The number of anilines is 1. The minimum absolute atomic E-state index is 0.206. The number of rotatable bonds is 2. The normalized spacial score (nSPS) is 25.3. The van der Waals surface area contributed by atoms with E-state index in [0.29, 0.717) is 12.1 Å². The summed E-state index contributed by atoms with van der Waals surface area (Å²) in [5.41, 5.74) is 0. The molecule has 2 aliphatic heterocycles. The van der Waals surface area contributed by atoms with Crippen molar-refractivity contribution >= 4 is 33.3 Å². The Morgan fingerprint density at radius 2 is 2.05 bits per heavy atom. The van der Waals surface area contributed by atoms with Gasteiger partial charge in [-0.2, -0.15) is 0 Å². The lowest BCUT2D eigenvalue weighted by molar-refractivity contribution is -0.129. The minimum Gasteiger partial charge on any atom is -0.351 e. The molecule has 0 aromatic carbocycles. The Labute approximate surface area is 134 Å². The van der Waals surface area contributed by atoms with Crippen LogP contribution in [0, 0.1) is 0 Å². The van der Waals surface area contributed by atoms with E-state index in [4.69, 9.17) is 0 Å². The highest BCUT2D eigenvalue weighted by atomic mass is 32.1. The summed E-state index contributed by atoms with van der Waals surface area (Å²) in [7, 11) is 0. The van der Waals surface area contributed by atoms with Crippen LogP contribution in [0.2, 0.25) is 0 Å². The Hall–Kier alpha value is -1.69. The van der Waals surface area contributed by atoms with Crippen molar-refractivity contribution in [2.75, 3.05) is 18.0 Å². The lowest BCUT2D eigenvalue weighted by Crippen LogP contribution is -2.48. The standard InChI is InChI=1S/C16H20N4OS/c1-11(21)19-7-2-4-13(19)14-5-3-8-20(14)15-12-6-9-22-16(12)18-10-17-15/h6,9-10,13-14H,2-5,7-8H2,1H3/t13-,14-/m1/s1. The van der Waals surface area contributed by atoms with Crippen molar-refractivity contribution in [2.45, 2.75) is 44.7 Å². The van der Waals surface area contributed by atoms with Crippen molar-refractivity contribution in [3.8, 4) is 0 Å². The zero-order chi connectivity index (χ0) is 15.1. The van der Waals surface area contributed by atoms with Gasteiger partial charge in [0, 0.05) is 20.0 Å². The monoisotopic (exact) mass is 316 g/mol. The Kier molecular flexibility index (Phi) is 3.48. The van der Waals surface area contributed by atoms with Crippen LogP contribution in [0.15, 0.2) is 17.8 Å². The Balaban J connectivity index is 1.69. The molecule has 4 heterocycles. The molecule has 0 aliphatic carbocycles. The van der Waals surface area contributed by atoms with Gasteiger partial charge in [-0.3, -0.25) is 4.79 Å². The molecule has 22 heavy (non-hydrogen) atoms. The highest BCUT2D eigenvalue weighted by Gasteiger charge is 2.39. The smallest absolute Gasteiger partial charge is 0.219 e.